The average molecular weight is 340 g/mol. The lowest BCUT2D eigenvalue weighted by atomic mass is 10.2. The van der Waals surface area contributed by atoms with Crippen molar-refractivity contribution in [2.75, 3.05) is 46.2 Å². The van der Waals surface area contributed by atoms with Gasteiger partial charge in [0.2, 0.25) is 0 Å². The molecule has 0 atom stereocenters. The highest BCUT2D eigenvalue weighted by Gasteiger charge is 2.15. The Morgan fingerprint density at radius 3 is 1.96 bits per heavy atom. The molecule has 0 bridgehead atoms. The summed E-state index contributed by atoms with van der Waals surface area (Å²) in [5.41, 5.74) is -0.488. The number of benzene rings is 1. The van der Waals surface area contributed by atoms with Gasteiger partial charge < -0.3 is 23.7 Å². The van der Waals surface area contributed by atoms with Gasteiger partial charge in [-0.2, -0.15) is 0 Å². The number of hydrogen-bond donors (Lipinski definition) is 0. The first-order valence-corrected chi connectivity index (χ1v) is 8.10. The molecule has 1 rings (SSSR count). The normalized spacial score (nSPS) is 11.3. The molecule has 0 N–H and O–H groups in total. The highest BCUT2D eigenvalue weighted by molar-refractivity contribution is 5.71. The van der Waals surface area contributed by atoms with Gasteiger partial charge in [-0.05, 0) is 32.9 Å². The molecular weight excluding hydrogens is 312 g/mol. The molecule has 0 unspecified atom stereocenters. The minimum absolute atomic E-state index is 0.0616. The van der Waals surface area contributed by atoms with Crippen molar-refractivity contribution in [1.29, 1.82) is 0 Å². The average Bonchev–Trinajstić information content (AvgIpc) is 2.52. The van der Waals surface area contributed by atoms with Crippen LogP contribution in [0.5, 0.6) is 5.75 Å². The molecule has 0 amide bonds. The molecule has 0 saturated carbocycles. The van der Waals surface area contributed by atoms with Gasteiger partial charge in [0.25, 0.3) is 0 Å². The van der Waals surface area contributed by atoms with Crippen molar-refractivity contribution in [2.24, 2.45) is 0 Å². The van der Waals surface area contributed by atoms with Gasteiger partial charge in [0.05, 0.1) is 33.0 Å². The largest absolute Gasteiger partial charge is 0.491 e. The van der Waals surface area contributed by atoms with Crippen molar-refractivity contribution < 1.29 is 28.5 Å². The lowest BCUT2D eigenvalue weighted by Gasteiger charge is -2.19. The van der Waals surface area contributed by atoms with Crippen molar-refractivity contribution >= 4 is 5.97 Å². The Bertz CT molecular complexity index is 441. The van der Waals surface area contributed by atoms with Crippen LogP contribution in [0.3, 0.4) is 0 Å². The quantitative estimate of drug-likeness (QED) is 0.430. The molecule has 0 heterocycles. The number of para-hydroxylation sites is 1. The van der Waals surface area contributed by atoms with Gasteiger partial charge in [0.15, 0.2) is 0 Å². The first-order valence-electron chi connectivity index (χ1n) is 8.10. The number of hydrogen-bond acceptors (Lipinski definition) is 6. The summed E-state index contributed by atoms with van der Waals surface area (Å²) >= 11 is 0. The van der Waals surface area contributed by atoms with E-state index in [1.54, 1.807) is 0 Å². The fourth-order valence-corrected chi connectivity index (χ4v) is 1.70. The summed E-state index contributed by atoms with van der Waals surface area (Å²) in [5, 5.41) is 0. The van der Waals surface area contributed by atoms with E-state index in [1.165, 1.54) is 0 Å². The minimum atomic E-state index is -0.488. The SMILES string of the molecule is CC(C)(C)OC(=O)COCCOCCOCCOc1ccccc1. The van der Waals surface area contributed by atoms with E-state index in [9.17, 15) is 4.79 Å². The maximum atomic E-state index is 11.4. The van der Waals surface area contributed by atoms with E-state index in [4.69, 9.17) is 23.7 Å². The van der Waals surface area contributed by atoms with E-state index in [1.807, 2.05) is 51.1 Å². The number of carbonyl (C=O) groups is 1. The van der Waals surface area contributed by atoms with Crippen LogP contribution < -0.4 is 4.74 Å². The van der Waals surface area contributed by atoms with Crippen LogP contribution in [0.15, 0.2) is 30.3 Å². The van der Waals surface area contributed by atoms with Crippen LogP contribution in [-0.4, -0.2) is 57.8 Å². The molecule has 1 aromatic rings. The minimum Gasteiger partial charge on any atom is -0.491 e. The van der Waals surface area contributed by atoms with Crippen LogP contribution in [0.4, 0.5) is 0 Å². The fourth-order valence-electron chi connectivity index (χ4n) is 1.70. The molecule has 0 saturated heterocycles. The van der Waals surface area contributed by atoms with Crippen LogP contribution in [0.1, 0.15) is 20.8 Å². The van der Waals surface area contributed by atoms with Gasteiger partial charge in [-0.3, -0.25) is 0 Å². The van der Waals surface area contributed by atoms with Crippen molar-refractivity contribution in [1.82, 2.24) is 0 Å². The van der Waals surface area contributed by atoms with Crippen LogP contribution in [0.25, 0.3) is 0 Å². The molecule has 0 aliphatic rings. The molecular formula is C18H28O6. The molecule has 6 heteroatoms. The molecule has 24 heavy (non-hydrogen) atoms. The Balaban J connectivity index is 1.83. The summed E-state index contributed by atoms with van der Waals surface area (Å²) < 4.78 is 26.5. The lowest BCUT2D eigenvalue weighted by Crippen LogP contribution is -2.27. The number of esters is 1. The van der Waals surface area contributed by atoms with E-state index >= 15 is 0 Å². The standard InChI is InChI=1S/C18H28O6/c1-18(2,3)24-17(19)15-22-12-11-20-9-10-21-13-14-23-16-7-5-4-6-8-16/h4-8H,9-15H2,1-3H3. The molecule has 0 fully saturated rings. The molecule has 0 aliphatic heterocycles. The number of ether oxygens (including phenoxy) is 5. The number of carbonyl (C=O) groups excluding carboxylic acids is 1. The summed E-state index contributed by atoms with van der Waals surface area (Å²) in [6, 6.07) is 9.60. The Morgan fingerprint density at radius 1 is 0.833 bits per heavy atom. The highest BCUT2D eigenvalue weighted by Crippen LogP contribution is 2.07. The maximum Gasteiger partial charge on any atom is 0.332 e. The van der Waals surface area contributed by atoms with Crippen LogP contribution in [0.2, 0.25) is 0 Å². The van der Waals surface area contributed by atoms with E-state index in [0.717, 1.165) is 5.75 Å². The van der Waals surface area contributed by atoms with Crippen LogP contribution >= 0.6 is 0 Å². The van der Waals surface area contributed by atoms with Crippen LogP contribution in [-0.2, 0) is 23.7 Å². The van der Waals surface area contributed by atoms with Crippen molar-refractivity contribution in [2.45, 2.75) is 26.4 Å². The van der Waals surface area contributed by atoms with Gasteiger partial charge in [-0.25, -0.2) is 4.79 Å². The Labute approximate surface area is 144 Å². The zero-order chi connectivity index (χ0) is 17.7. The topological polar surface area (TPSA) is 63.2 Å². The summed E-state index contributed by atoms with van der Waals surface area (Å²) in [6.45, 7) is 8.12. The van der Waals surface area contributed by atoms with Crippen molar-refractivity contribution in [3.8, 4) is 5.75 Å². The van der Waals surface area contributed by atoms with E-state index in [2.05, 4.69) is 0 Å². The Hall–Kier alpha value is -1.63. The van der Waals surface area contributed by atoms with E-state index < -0.39 is 5.60 Å². The predicted molar refractivity (Wildman–Crippen MR) is 90.2 cm³/mol. The summed E-state index contributed by atoms with van der Waals surface area (Å²) in [7, 11) is 0. The highest BCUT2D eigenvalue weighted by atomic mass is 16.6. The van der Waals surface area contributed by atoms with E-state index in [-0.39, 0.29) is 12.6 Å². The summed E-state index contributed by atoms with van der Waals surface area (Å²) in [6.07, 6.45) is 0. The third-order valence-electron chi connectivity index (χ3n) is 2.62. The second kappa shape index (κ2) is 11.8. The Kier molecular flexibility index (Phi) is 10.1. The molecule has 0 aliphatic carbocycles. The molecule has 0 aromatic heterocycles. The maximum absolute atomic E-state index is 11.4. The molecule has 6 nitrogen and oxygen atoms in total. The summed E-state index contributed by atoms with van der Waals surface area (Å²) in [5.74, 6) is 0.462. The van der Waals surface area contributed by atoms with Crippen molar-refractivity contribution in [3.63, 3.8) is 0 Å². The third-order valence-corrected chi connectivity index (χ3v) is 2.62. The van der Waals surface area contributed by atoms with Crippen molar-refractivity contribution in [3.05, 3.63) is 30.3 Å². The first kappa shape index (κ1) is 20.4. The third kappa shape index (κ3) is 11.9. The van der Waals surface area contributed by atoms with Gasteiger partial charge in [-0.1, -0.05) is 18.2 Å². The number of rotatable bonds is 12. The van der Waals surface area contributed by atoms with Gasteiger partial charge >= 0.3 is 5.97 Å². The second-order valence-corrected chi connectivity index (χ2v) is 6.03. The van der Waals surface area contributed by atoms with Crippen LogP contribution in [0, 0.1) is 0 Å². The fraction of sp³-hybridized carbons (Fsp3) is 0.611. The second-order valence-electron chi connectivity index (χ2n) is 6.03. The molecule has 1 aromatic carbocycles. The van der Waals surface area contributed by atoms with Gasteiger partial charge in [0, 0.05) is 0 Å². The Morgan fingerprint density at radius 2 is 1.38 bits per heavy atom. The van der Waals surface area contributed by atoms with Gasteiger partial charge in [0.1, 0.15) is 24.6 Å². The molecule has 0 radical (unpaired) electrons. The smallest absolute Gasteiger partial charge is 0.332 e. The van der Waals surface area contributed by atoms with Gasteiger partial charge in [-0.15, -0.1) is 0 Å². The first-order chi connectivity index (χ1) is 11.5. The predicted octanol–water partition coefficient (Wildman–Crippen LogP) is 2.46. The van der Waals surface area contributed by atoms with E-state index in [0.29, 0.717) is 39.6 Å². The monoisotopic (exact) mass is 340 g/mol. The summed E-state index contributed by atoms with van der Waals surface area (Å²) in [4.78, 5) is 11.4. The molecule has 0 spiro atoms. The zero-order valence-corrected chi connectivity index (χ0v) is 14.8. The molecule has 136 valence electrons. The lowest BCUT2D eigenvalue weighted by molar-refractivity contribution is -0.160. The zero-order valence-electron chi connectivity index (χ0n) is 14.8.